The third-order valence-electron chi connectivity index (χ3n) is 3.74. The molecular weight excluding hydrogens is 396 g/mol. The van der Waals surface area contributed by atoms with Gasteiger partial charge in [0.25, 0.3) is 5.91 Å². The summed E-state index contributed by atoms with van der Waals surface area (Å²) in [5, 5.41) is 2.37. The SMILES string of the molecule is C#CCNC(=O)COC(=O)c1ccc(CNS(=O)(=O)c2ccccc2OC)cc1. The summed E-state index contributed by atoms with van der Waals surface area (Å²) in [7, 11) is -2.38. The largest absolute Gasteiger partial charge is 0.495 e. The number of methoxy groups -OCH3 is 1. The molecule has 8 nitrogen and oxygen atoms in total. The highest BCUT2D eigenvalue weighted by Gasteiger charge is 2.18. The van der Waals surface area contributed by atoms with E-state index in [4.69, 9.17) is 15.9 Å². The molecule has 0 saturated heterocycles. The Balaban J connectivity index is 1.94. The molecule has 0 spiro atoms. The van der Waals surface area contributed by atoms with Crippen LogP contribution in [0.5, 0.6) is 5.75 Å². The van der Waals surface area contributed by atoms with Crippen LogP contribution in [-0.4, -0.2) is 40.6 Å². The monoisotopic (exact) mass is 416 g/mol. The number of para-hydroxylation sites is 1. The van der Waals surface area contributed by atoms with Gasteiger partial charge >= 0.3 is 5.97 Å². The van der Waals surface area contributed by atoms with Gasteiger partial charge in [0.1, 0.15) is 10.6 Å². The zero-order valence-corrected chi connectivity index (χ0v) is 16.5. The first-order valence-electron chi connectivity index (χ1n) is 8.46. The van der Waals surface area contributed by atoms with E-state index in [1.165, 1.54) is 25.3 Å². The van der Waals surface area contributed by atoms with Crippen LogP contribution in [0.25, 0.3) is 0 Å². The molecule has 0 aliphatic heterocycles. The summed E-state index contributed by atoms with van der Waals surface area (Å²) in [6.07, 6.45) is 5.02. The van der Waals surface area contributed by atoms with Crippen molar-refractivity contribution in [2.24, 2.45) is 0 Å². The molecule has 29 heavy (non-hydrogen) atoms. The highest BCUT2D eigenvalue weighted by atomic mass is 32.2. The van der Waals surface area contributed by atoms with Crippen molar-refractivity contribution in [2.45, 2.75) is 11.4 Å². The lowest BCUT2D eigenvalue weighted by molar-refractivity contribution is -0.123. The van der Waals surface area contributed by atoms with Gasteiger partial charge in [0.05, 0.1) is 19.2 Å². The van der Waals surface area contributed by atoms with Crippen molar-refractivity contribution in [3.05, 3.63) is 59.7 Å². The number of terminal acetylenes is 1. The van der Waals surface area contributed by atoms with E-state index in [2.05, 4.69) is 16.0 Å². The van der Waals surface area contributed by atoms with Gasteiger partial charge in [0.15, 0.2) is 6.61 Å². The Bertz CT molecular complexity index is 1010. The fraction of sp³-hybridized carbons (Fsp3) is 0.200. The van der Waals surface area contributed by atoms with Crippen LogP contribution in [0.2, 0.25) is 0 Å². The van der Waals surface area contributed by atoms with Crippen LogP contribution in [0, 0.1) is 12.3 Å². The number of amides is 1. The first-order chi connectivity index (χ1) is 13.9. The van der Waals surface area contributed by atoms with Crippen molar-refractivity contribution in [3.63, 3.8) is 0 Å². The molecule has 0 fully saturated rings. The van der Waals surface area contributed by atoms with Gasteiger partial charge in [0.2, 0.25) is 10.0 Å². The molecule has 2 aromatic rings. The predicted molar refractivity (Wildman–Crippen MR) is 106 cm³/mol. The van der Waals surface area contributed by atoms with Gasteiger partial charge in [-0.05, 0) is 29.8 Å². The average Bonchev–Trinajstić information content (AvgIpc) is 2.74. The maximum atomic E-state index is 12.5. The van der Waals surface area contributed by atoms with Crippen LogP contribution < -0.4 is 14.8 Å². The van der Waals surface area contributed by atoms with E-state index in [9.17, 15) is 18.0 Å². The van der Waals surface area contributed by atoms with Crippen molar-refractivity contribution in [1.29, 1.82) is 0 Å². The van der Waals surface area contributed by atoms with E-state index in [1.807, 2.05) is 0 Å². The Labute approximate surface area is 169 Å². The molecule has 152 valence electrons. The maximum Gasteiger partial charge on any atom is 0.338 e. The van der Waals surface area contributed by atoms with Crippen LogP contribution in [0.4, 0.5) is 0 Å². The van der Waals surface area contributed by atoms with Crippen LogP contribution in [0.3, 0.4) is 0 Å². The Hall–Kier alpha value is -3.35. The second kappa shape index (κ2) is 10.3. The quantitative estimate of drug-likeness (QED) is 0.468. The first kappa shape index (κ1) is 21.9. The minimum Gasteiger partial charge on any atom is -0.495 e. The predicted octanol–water partition coefficient (Wildman–Crippen LogP) is 1.08. The summed E-state index contributed by atoms with van der Waals surface area (Å²) < 4.78 is 37.4. The van der Waals surface area contributed by atoms with Gasteiger partial charge in [-0.15, -0.1) is 6.42 Å². The minimum absolute atomic E-state index is 0.0181. The van der Waals surface area contributed by atoms with Crippen LogP contribution >= 0.6 is 0 Å². The number of carbonyl (C=O) groups is 2. The summed E-state index contributed by atoms with van der Waals surface area (Å²) in [6.45, 7) is -0.374. The third-order valence-corrected chi connectivity index (χ3v) is 5.18. The molecule has 0 aromatic heterocycles. The van der Waals surface area contributed by atoms with Gasteiger partial charge in [-0.2, -0.15) is 0 Å². The highest BCUT2D eigenvalue weighted by molar-refractivity contribution is 7.89. The number of carbonyl (C=O) groups excluding carboxylic acids is 2. The molecule has 0 bridgehead atoms. The number of hydrogen-bond acceptors (Lipinski definition) is 6. The molecule has 0 aliphatic rings. The molecule has 2 N–H and O–H groups in total. The van der Waals surface area contributed by atoms with E-state index in [0.717, 1.165) is 0 Å². The van der Waals surface area contributed by atoms with Crippen LogP contribution in [-0.2, 0) is 26.1 Å². The van der Waals surface area contributed by atoms with Gasteiger partial charge in [-0.25, -0.2) is 17.9 Å². The number of nitrogens with one attached hydrogen (secondary N) is 2. The van der Waals surface area contributed by atoms with Gasteiger partial charge in [-0.1, -0.05) is 30.2 Å². The summed E-state index contributed by atoms with van der Waals surface area (Å²) >= 11 is 0. The number of hydrogen-bond donors (Lipinski definition) is 2. The topological polar surface area (TPSA) is 111 Å². The van der Waals surface area contributed by atoms with Crippen molar-refractivity contribution >= 4 is 21.9 Å². The van der Waals surface area contributed by atoms with Crippen molar-refractivity contribution < 1.29 is 27.5 Å². The Morgan fingerprint density at radius 3 is 2.45 bits per heavy atom. The van der Waals surface area contributed by atoms with Crippen molar-refractivity contribution in [1.82, 2.24) is 10.0 Å². The molecule has 9 heteroatoms. The standard InChI is InChI=1S/C20H20N2O6S/c1-3-12-21-19(23)14-28-20(24)16-10-8-15(9-11-16)13-22-29(25,26)18-7-5-4-6-17(18)27-2/h1,4-11,22H,12-14H2,2H3,(H,21,23). The summed E-state index contributed by atoms with van der Waals surface area (Å²) in [6, 6.07) is 12.4. The normalized spacial score (nSPS) is 10.6. The molecular formula is C20H20N2O6S. The van der Waals surface area contributed by atoms with E-state index in [1.54, 1.807) is 30.3 Å². The molecule has 0 aliphatic carbocycles. The lowest BCUT2D eigenvalue weighted by Crippen LogP contribution is -2.29. The average molecular weight is 416 g/mol. The number of sulfonamides is 1. The Kier molecular flexibility index (Phi) is 7.77. The number of ether oxygens (including phenoxy) is 2. The number of benzene rings is 2. The molecule has 0 heterocycles. The molecule has 0 radical (unpaired) electrons. The first-order valence-corrected chi connectivity index (χ1v) is 9.94. The third kappa shape index (κ3) is 6.34. The second-order valence-electron chi connectivity index (χ2n) is 5.73. The number of rotatable bonds is 9. The van der Waals surface area contributed by atoms with Crippen molar-refractivity contribution in [3.8, 4) is 18.1 Å². The molecule has 0 saturated carbocycles. The molecule has 1 amide bonds. The van der Waals surface area contributed by atoms with E-state index < -0.39 is 28.5 Å². The summed E-state index contributed by atoms with van der Waals surface area (Å²) in [4.78, 5) is 23.3. The summed E-state index contributed by atoms with van der Waals surface area (Å²) in [5.41, 5.74) is 0.859. The van der Waals surface area contributed by atoms with Gasteiger partial charge in [-0.3, -0.25) is 4.79 Å². The highest BCUT2D eigenvalue weighted by Crippen LogP contribution is 2.22. The zero-order valence-electron chi connectivity index (χ0n) is 15.7. The minimum atomic E-state index is -3.78. The maximum absolute atomic E-state index is 12.5. The van der Waals surface area contributed by atoms with Gasteiger partial charge < -0.3 is 14.8 Å². The second-order valence-corrected chi connectivity index (χ2v) is 7.46. The summed E-state index contributed by atoms with van der Waals surface area (Å²) in [5.74, 6) is 1.30. The van der Waals surface area contributed by atoms with Crippen LogP contribution in [0.1, 0.15) is 15.9 Å². The lowest BCUT2D eigenvalue weighted by atomic mass is 10.1. The molecule has 2 aromatic carbocycles. The Morgan fingerprint density at radius 2 is 1.79 bits per heavy atom. The molecule has 0 atom stereocenters. The lowest BCUT2D eigenvalue weighted by Gasteiger charge is -2.11. The zero-order chi connectivity index (χ0) is 21.3. The van der Waals surface area contributed by atoms with Gasteiger partial charge in [0, 0.05) is 6.54 Å². The van der Waals surface area contributed by atoms with Crippen LogP contribution in [0.15, 0.2) is 53.4 Å². The Morgan fingerprint density at radius 1 is 1.10 bits per heavy atom. The van der Waals surface area contributed by atoms with E-state index in [-0.39, 0.29) is 29.3 Å². The smallest absolute Gasteiger partial charge is 0.338 e. The van der Waals surface area contributed by atoms with E-state index >= 15 is 0 Å². The molecule has 2 rings (SSSR count). The van der Waals surface area contributed by atoms with Crippen molar-refractivity contribution in [2.75, 3.05) is 20.3 Å². The fourth-order valence-electron chi connectivity index (χ4n) is 2.27. The van der Waals surface area contributed by atoms with E-state index in [0.29, 0.717) is 5.56 Å². The number of esters is 1. The molecule has 0 unspecified atom stereocenters. The fourth-order valence-corrected chi connectivity index (χ4v) is 3.46.